The smallest absolute Gasteiger partial charge is 0.331 e. The molecule has 2 aromatic heterocycles. The molecule has 27 heavy (non-hydrogen) atoms. The summed E-state index contributed by atoms with van der Waals surface area (Å²) < 4.78 is 5.01. The van der Waals surface area contributed by atoms with Crippen molar-refractivity contribution in [3.63, 3.8) is 0 Å². The Morgan fingerprint density at radius 1 is 0.852 bits per heavy atom. The highest BCUT2D eigenvalue weighted by atomic mass is 16.2. The van der Waals surface area contributed by atoms with E-state index in [-0.39, 0.29) is 17.8 Å². The molecule has 6 heteroatoms. The molecule has 0 saturated carbocycles. The number of imidazole rings is 1. The van der Waals surface area contributed by atoms with Crippen LogP contribution in [0, 0.1) is 0 Å². The molecule has 6 nitrogen and oxygen atoms in total. The van der Waals surface area contributed by atoms with Crippen LogP contribution in [-0.2, 0) is 19.6 Å². The highest BCUT2D eigenvalue weighted by molar-refractivity contribution is 5.77. The third-order valence-corrected chi connectivity index (χ3v) is 4.67. The Kier molecular flexibility index (Phi) is 4.70. The normalized spacial score (nSPS) is 11.1. The Morgan fingerprint density at radius 2 is 1.63 bits per heavy atom. The molecular formula is C21H20N4O2. The number of benzene rings is 2. The van der Waals surface area contributed by atoms with Gasteiger partial charge in [0.25, 0.3) is 5.56 Å². The summed E-state index contributed by atoms with van der Waals surface area (Å²) in [6.07, 6.45) is 6.17. The molecule has 0 spiro atoms. The number of aryl methyl sites for hydroxylation is 2. The number of rotatable bonds is 6. The van der Waals surface area contributed by atoms with Crippen LogP contribution in [0.1, 0.15) is 12.0 Å². The largest absolute Gasteiger partial charge is 0.337 e. The fourth-order valence-electron chi connectivity index (χ4n) is 3.32. The first-order valence-electron chi connectivity index (χ1n) is 8.96. The van der Waals surface area contributed by atoms with Gasteiger partial charge in [-0.25, -0.2) is 9.78 Å². The third kappa shape index (κ3) is 3.46. The number of para-hydroxylation sites is 1. The van der Waals surface area contributed by atoms with Gasteiger partial charge in [-0.1, -0.05) is 42.5 Å². The number of hydrogen-bond acceptors (Lipinski definition) is 3. The van der Waals surface area contributed by atoms with Gasteiger partial charge in [0.2, 0.25) is 0 Å². The first-order valence-corrected chi connectivity index (χ1v) is 8.96. The molecule has 0 unspecified atom stereocenters. The van der Waals surface area contributed by atoms with Crippen LogP contribution in [0.25, 0.3) is 10.9 Å². The van der Waals surface area contributed by atoms with Gasteiger partial charge in [0, 0.05) is 25.5 Å². The maximum absolute atomic E-state index is 13.1. The van der Waals surface area contributed by atoms with Gasteiger partial charge in [-0.2, -0.15) is 0 Å². The van der Waals surface area contributed by atoms with E-state index < -0.39 is 0 Å². The van der Waals surface area contributed by atoms with Crippen molar-refractivity contribution in [1.29, 1.82) is 0 Å². The van der Waals surface area contributed by atoms with Crippen molar-refractivity contribution in [3.05, 3.63) is 99.7 Å². The van der Waals surface area contributed by atoms with Crippen molar-refractivity contribution >= 4 is 10.9 Å². The van der Waals surface area contributed by atoms with Crippen LogP contribution in [0.5, 0.6) is 0 Å². The lowest BCUT2D eigenvalue weighted by atomic mass is 10.2. The zero-order valence-corrected chi connectivity index (χ0v) is 14.9. The van der Waals surface area contributed by atoms with Crippen LogP contribution >= 0.6 is 0 Å². The summed E-state index contributed by atoms with van der Waals surface area (Å²) in [6.45, 7) is 1.57. The summed E-state index contributed by atoms with van der Waals surface area (Å²) in [4.78, 5) is 30.0. The average Bonchev–Trinajstić information content (AvgIpc) is 3.22. The Morgan fingerprint density at radius 3 is 2.41 bits per heavy atom. The first-order chi connectivity index (χ1) is 13.2. The lowest BCUT2D eigenvalue weighted by Gasteiger charge is -2.14. The summed E-state index contributed by atoms with van der Waals surface area (Å²) in [5, 5.41) is 0.565. The van der Waals surface area contributed by atoms with E-state index in [9.17, 15) is 9.59 Å². The Balaban J connectivity index is 1.74. The molecule has 136 valence electrons. The van der Waals surface area contributed by atoms with Gasteiger partial charge < -0.3 is 4.57 Å². The molecular weight excluding hydrogens is 340 g/mol. The van der Waals surface area contributed by atoms with E-state index in [1.807, 2.05) is 59.3 Å². The first kappa shape index (κ1) is 17.0. The van der Waals surface area contributed by atoms with Crippen LogP contribution in [0.3, 0.4) is 0 Å². The summed E-state index contributed by atoms with van der Waals surface area (Å²) in [5.74, 6) is 0. The molecule has 2 aromatic carbocycles. The molecule has 0 aliphatic carbocycles. The van der Waals surface area contributed by atoms with E-state index in [0.717, 1.165) is 18.5 Å². The second-order valence-electron chi connectivity index (χ2n) is 6.48. The standard InChI is InChI=1S/C21H20N4O2/c26-20-18-9-4-5-10-19(18)24(13-6-12-23-14-11-22-16-23)21(27)25(20)15-17-7-2-1-3-8-17/h1-5,7-11,14,16H,6,12-13,15H2. The molecule has 0 amide bonds. The Hall–Kier alpha value is -3.41. The highest BCUT2D eigenvalue weighted by Gasteiger charge is 2.13. The SMILES string of the molecule is O=c1c2ccccc2n(CCCn2ccnc2)c(=O)n1Cc1ccccc1. The number of hydrogen-bond donors (Lipinski definition) is 0. The van der Waals surface area contributed by atoms with E-state index in [0.29, 0.717) is 17.4 Å². The summed E-state index contributed by atoms with van der Waals surface area (Å²) in [7, 11) is 0. The maximum Gasteiger partial charge on any atom is 0.331 e. The quantitative estimate of drug-likeness (QED) is 0.531. The van der Waals surface area contributed by atoms with Crippen molar-refractivity contribution in [2.45, 2.75) is 26.1 Å². The molecule has 0 N–H and O–H groups in total. The predicted molar refractivity (Wildman–Crippen MR) is 105 cm³/mol. The van der Waals surface area contributed by atoms with Crippen LogP contribution in [0.15, 0.2) is 82.9 Å². The minimum atomic E-state index is -0.270. The van der Waals surface area contributed by atoms with Crippen molar-refractivity contribution in [2.75, 3.05) is 0 Å². The molecule has 0 aliphatic rings. The lowest BCUT2D eigenvalue weighted by Crippen LogP contribution is -2.40. The summed E-state index contributed by atoms with van der Waals surface area (Å²) in [6, 6.07) is 16.9. The van der Waals surface area contributed by atoms with Crippen molar-refractivity contribution in [2.24, 2.45) is 0 Å². The van der Waals surface area contributed by atoms with E-state index in [1.54, 1.807) is 23.2 Å². The fraction of sp³-hybridized carbons (Fsp3) is 0.190. The van der Waals surface area contributed by atoms with Crippen LogP contribution < -0.4 is 11.2 Å². The van der Waals surface area contributed by atoms with Crippen LogP contribution in [-0.4, -0.2) is 18.7 Å². The predicted octanol–water partition coefficient (Wildman–Crippen LogP) is 2.50. The highest BCUT2D eigenvalue weighted by Crippen LogP contribution is 2.09. The second kappa shape index (κ2) is 7.45. The van der Waals surface area contributed by atoms with Crippen LogP contribution in [0.2, 0.25) is 0 Å². The molecule has 0 bridgehead atoms. The molecule has 2 heterocycles. The molecule has 0 atom stereocenters. The molecule has 0 aliphatic heterocycles. The number of aromatic nitrogens is 4. The lowest BCUT2D eigenvalue weighted by molar-refractivity contribution is 0.534. The van der Waals surface area contributed by atoms with Gasteiger partial charge in [0.15, 0.2) is 0 Å². The molecule has 0 fully saturated rings. The maximum atomic E-state index is 13.1. The van der Waals surface area contributed by atoms with Crippen molar-refractivity contribution in [3.8, 4) is 0 Å². The molecule has 0 radical (unpaired) electrons. The van der Waals surface area contributed by atoms with Gasteiger partial charge in [0.1, 0.15) is 0 Å². The second-order valence-corrected chi connectivity index (χ2v) is 6.48. The Bertz CT molecular complexity index is 1160. The van der Waals surface area contributed by atoms with Crippen molar-refractivity contribution < 1.29 is 0 Å². The molecule has 4 rings (SSSR count). The minimum Gasteiger partial charge on any atom is -0.337 e. The van der Waals surface area contributed by atoms with Gasteiger partial charge in [0.05, 0.1) is 23.8 Å². The fourth-order valence-corrected chi connectivity index (χ4v) is 3.32. The average molecular weight is 360 g/mol. The topological polar surface area (TPSA) is 61.8 Å². The van der Waals surface area contributed by atoms with E-state index in [2.05, 4.69) is 4.98 Å². The monoisotopic (exact) mass is 360 g/mol. The van der Waals surface area contributed by atoms with Crippen LogP contribution in [0.4, 0.5) is 0 Å². The Labute approximate surface area is 156 Å². The number of nitrogens with zero attached hydrogens (tertiary/aromatic N) is 4. The van der Waals surface area contributed by atoms with E-state index in [1.165, 1.54) is 4.57 Å². The third-order valence-electron chi connectivity index (χ3n) is 4.67. The van der Waals surface area contributed by atoms with E-state index >= 15 is 0 Å². The van der Waals surface area contributed by atoms with Gasteiger partial charge in [-0.3, -0.25) is 13.9 Å². The summed E-state index contributed by atoms with van der Waals surface area (Å²) >= 11 is 0. The molecule has 4 aromatic rings. The van der Waals surface area contributed by atoms with Crippen molar-refractivity contribution in [1.82, 2.24) is 18.7 Å². The van der Waals surface area contributed by atoms with Gasteiger partial charge in [-0.05, 0) is 24.1 Å². The van der Waals surface area contributed by atoms with E-state index in [4.69, 9.17) is 0 Å². The zero-order chi connectivity index (χ0) is 18.6. The summed E-state index contributed by atoms with van der Waals surface area (Å²) in [5.41, 5.74) is 1.10. The minimum absolute atomic E-state index is 0.245. The van der Waals surface area contributed by atoms with Gasteiger partial charge >= 0.3 is 5.69 Å². The molecule has 0 saturated heterocycles. The zero-order valence-electron chi connectivity index (χ0n) is 14.9. The van der Waals surface area contributed by atoms with Gasteiger partial charge in [-0.15, -0.1) is 0 Å². The number of fused-ring (bicyclic) bond motifs is 1.